The van der Waals surface area contributed by atoms with Crippen molar-refractivity contribution in [1.82, 2.24) is 4.90 Å². The number of carbonyl (C=O) groups is 1. The molecule has 1 fully saturated rings. The molecule has 1 saturated heterocycles. The molecule has 0 spiro atoms. The lowest BCUT2D eigenvalue weighted by atomic mass is 9.94. The molecule has 3 N–H and O–H groups in total. The first kappa shape index (κ1) is 13.4. The second-order valence-corrected chi connectivity index (χ2v) is 5.22. The van der Waals surface area contributed by atoms with Gasteiger partial charge in [0.1, 0.15) is 0 Å². The smallest absolute Gasteiger partial charge is 0.232 e. The van der Waals surface area contributed by atoms with E-state index in [0.29, 0.717) is 13.1 Å². The molecule has 0 aromatic heterocycles. The molecule has 5 heteroatoms. The van der Waals surface area contributed by atoms with Crippen LogP contribution in [0.2, 0.25) is 0 Å². The summed E-state index contributed by atoms with van der Waals surface area (Å²) in [6.07, 6.45) is 0.865. The summed E-state index contributed by atoms with van der Waals surface area (Å²) in [5.41, 5.74) is 5.61. The van der Waals surface area contributed by atoms with Gasteiger partial charge in [0.2, 0.25) is 5.91 Å². The number of likely N-dealkylation sites (tertiary alicyclic amines) is 1. The van der Waals surface area contributed by atoms with E-state index in [1.54, 1.807) is 4.90 Å². The monoisotopic (exact) mass is 244 g/mol. The van der Waals surface area contributed by atoms with Gasteiger partial charge in [0.05, 0.1) is 10.9 Å². The molecule has 92 valence electrons. The topological polar surface area (TPSA) is 66.6 Å². The number of aliphatic hydroxyl groups is 1. The third kappa shape index (κ3) is 2.92. The van der Waals surface area contributed by atoms with E-state index < -0.39 is 0 Å². The van der Waals surface area contributed by atoms with Crippen molar-refractivity contribution < 1.29 is 9.90 Å². The summed E-state index contributed by atoms with van der Waals surface area (Å²) in [6.45, 7) is 5.36. The van der Waals surface area contributed by atoms with Crippen molar-refractivity contribution in [2.45, 2.75) is 20.3 Å². The lowest BCUT2D eigenvalue weighted by molar-refractivity contribution is -0.133. The van der Waals surface area contributed by atoms with Crippen molar-refractivity contribution in [2.75, 3.05) is 19.7 Å². The van der Waals surface area contributed by atoms with Gasteiger partial charge in [0, 0.05) is 25.6 Å². The number of carbonyl (C=O) groups excluding carboxylic acids is 1. The van der Waals surface area contributed by atoms with Gasteiger partial charge in [0.15, 0.2) is 0 Å². The van der Waals surface area contributed by atoms with Crippen LogP contribution in [-0.2, 0) is 4.79 Å². The molecule has 0 radical (unpaired) electrons. The average Bonchev–Trinajstić information content (AvgIpc) is 2.64. The Morgan fingerprint density at radius 2 is 2.25 bits per heavy atom. The highest BCUT2D eigenvalue weighted by Crippen LogP contribution is 2.21. The van der Waals surface area contributed by atoms with E-state index in [2.05, 4.69) is 0 Å². The Hall–Kier alpha value is -0.680. The Balaban J connectivity index is 2.66. The van der Waals surface area contributed by atoms with Crippen LogP contribution in [0.4, 0.5) is 0 Å². The average molecular weight is 244 g/mol. The Morgan fingerprint density at radius 1 is 1.62 bits per heavy atom. The third-order valence-electron chi connectivity index (χ3n) is 3.09. The van der Waals surface area contributed by atoms with Gasteiger partial charge in [-0.2, -0.15) is 0 Å². The molecule has 0 aliphatic carbocycles. The van der Waals surface area contributed by atoms with Gasteiger partial charge in [-0.05, 0) is 12.3 Å². The van der Waals surface area contributed by atoms with E-state index >= 15 is 0 Å². The van der Waals surface area contributed by atoms with Gasteiger partial charge in [-0.25, -0.2) is 0 Å². The molecule has 1 rings (SSSR count). The maximum absolute atomic E-state index is 12.2. The quantitative estimate of drug-likeness (QED) is 0.702. The molecule has 1 aliphatic rings. The van der Waals surface area contributed by atoms with Gasteiger partial charge in [0.25, 0.3) is 0 Å². The number of hydrogen-bond donors (Lipinski definition) is 2. The standard InChI is InChI=1S/C11H20N2O2S/c1-7(2)9(10(12)16)11(15)13-4-3-8(5-13)6-14/h7-9,14H,3-6H2,1-2H3,(H2,12,16). The van der Waals surface area contributed by atoms with Crippen LogP contribution in [0.15, 0.2) is 0 Å². The highest BCUT2D eigenvalue weighted by atomic mass is 32.1. The van der Waals surface area contributed by atoms with Crippen molar-refractivity contribution in [3.8, 4) is 0 Å². The van der Waals surface area contributed by atoms with Crippen LogP contribution in [0, 0.1) is 17.8 Å². The van der Waals surface area contributed by atoms with E-state index in [9.17, 15) is 4.79 Å². The van der Waals surface area contributed by atoms with Gasteiger partial charge in [-0.1, -0.05) is 26.1 Å². The van der Waals surface area contributed by atoms with Crippen molar-refractivity contribution in [2.24, 2.45) is 23.5 Å². The number of rotatable bonds is 4. The molecule has 0 saturated carbocycles. The lowest BCUT2D eigenvalue weighted by Gasteiger charge is -2.25. The molecule has 1 aliphatic heterocycles. The Labute approximate surface area is 102 Å². The summed E-state index contributed by atoms with van der Waals surface area (Å²) < 4.78 is 0. The van der Waals surface area contributed by atoms with Gasteiger partial charge in [-0.3, -0.25) is 4.79 Å². The van der Waals surface area contributed by atoms with E-state index in [4.69, 9.17) is 23.1 Å². The van der Waals surface area contributed by atoms with Gasteiger partial charge < -0.3 is 15.7 Å². The number of amides is 1. The summed E-state index contributed by atoms with van der Waals surface area (Å²) in [7, 11) is 0. The highest BCUT2D eigenvalue weighted by molar-refractivity contribution is 7.80. The molecule has 4 nitrogen and oxygen atoms in total. The van der Waals surface area contributed by atoms with Crippen LogP contribution < -0.4 is 5.73 Å². The minimum atomic E-state index is -0.368. The van der Waals surface area contributed by atoms with Crippen molar-refractivity contribution in [3.05, 3.63) is 0 Å². The summed E-state index contributed by atoms with van der Waals surface area (Å²) in [5.74, 6) is -0.0211. The number of nitrogens with two attached hydrogens (primary N) is 1. The summed E-state index contributed by atoms with van der Waals surface area (Å²) >= 11 is 4.94. The Bertz CT molecular complexity index is 281. The number of nitrogens with zero attached hydrogens (tertiary/aromatic N) is 1. The molecule has 2 unspecified atom stereocenters. The van der Waals surface area contributed by atoms with Crippen LogP contribution in [0.3, 0.4) is 0 Å². The molecule has 1 amide bonds. The maximum Gasteiger partial charge on any atom is 0.232 e. The zero-order valence-corrected chi connectivity index (χ0v) is 10.7. The van der Waals surface area contributed by atoms with Crippen molar-refractivity contribution in [3.63, 3.8) is 0 Å². The third-order valence-corrected chi connectivity index (χ3v) is 3.35. The zero-order chi connectivity index (χ0) is 12.3. The Morgan fingerprint density at radius 3 is 2.62 bits per heavy atom. The van der Waals surface area contributed by atoms with Gasteiger partial charge in [-0.15, -0.1) is 0 Å². The second kappa shape index (κ2) is 5.59. The van der Waals surface area contributed by atoms with E-state index in [-0.39, 0.29) is 35.3 Å². The lowest BCUT2D eigenvalue weighted by Crippen LogP contribution is -2.42. The van der Waals surface area contributed by atoms with E-state index in [1.165, 1.54) is 0 Å². The summed E-state index contributed by atoms with van der Waals surface area (Å²) in [4.78, 5) is 14.2. The van der Waals surface area contributed by atoms with Crippen LogP contribution in [0.25, 0.3) is 0 Å². The summed E-state index contributed by atoms with van der Waals surface area (Å²) in [6, 6.07) is 0. The van der Waals surface area contributed by atoms with Crippen molar-refractivity contribution in [1.29, 1.82) is 0 Å². The number of aliphatic hydroxyl groups excluding tert-OH is 1. The number of hydrogen-bond acceptors (Lipinski definition) is 3. The molecular formula is C11H20N2O2S. The molecular weight excluding hydrogens is 224 g/mol. The minimum Gasteiger partial charge on any atom is -0.396 e. The van der Waals surface area contributed by atoms with Crippen LogP contribution in [0.5, 0.6) is 0 Å². The first-order valence-electron chi connectivity index (χ1n) is 5.66. The fraction of sp³-hybridized carbons (Fsp3) is 0.818. The molecule has 16 heavy (non-hydrogen) atoms. The molecule has 1 heterocycles. The second-order valence-electron chi connectivity index (χ2n) is 4.75. The first-order chi connectivity index (χ1) is 7.47. The highest BCUT2D eigenvalue weighted by Gasteiger charge is 2.33. The van der Waals surface area contributed by atoms with Gasteiger partial charge >= 0.3 is 0 Å². The van der Waals surface area contributed by atoms with E-state index in [0.717, 1.165) is 6.42 Å². The van der Waals surface area contributed by atoms with Crippen LogP contribution in [0.1, 0.15) is 20.3 Å². The Kier molecular flexibility index (Phi) is 4.68. The maximum atomic E-state index is 12.2. The predicted octanol–water partition coefficient (Wildman–Crippen LogP) is 0.386. The molecule has 0 aromatic carbocycles. The normalized spacial score (nSPS) is 22.5. The largest absolute Gasteiger partial charge is 0.396 e. The molecule has 2 atom stereocenters. The fourth-order valence-electron chi connectivity index (χ4n) is 2.11. The molecule has 0 bridgehead atoms. The number of thiocarbonyl (C=S) groups is 1. The fourth-order valence-corrected chi connectivity index (χ4v) is 2.49. The van der Waals surface area contributed by atoms with E-state index in [1.807, 2.05) is 13.8 Å². The molecule has 0 aromatic rings. The minimum absolute atomic E-state index is 0.0125. The van der Waals surface area contributed by atoms with Crippen LogP contribution in [-0.4, -0.2) is 40.6 Å². The predicted molar refractivity (Wildman–Crippen MR) is 66.9 cm³/mol. The summed E-state index contributed by atoms with van der Waals surface area (Å²) in [5, 5.41) is 9.03. The van der Waals surface area contributed by atoms with Crippen molar-refractivity contribution >= 4 is 23.1 Å². The first-order valence-corrected chi connectivity index (χ1v) is 6.07. The zero-order valence-electron chi connectivity index (χ0n) is 9.85. The van der Waals surface area contributed by atoms with Crippen LogP contribution >= 0.6 is 12.2 Å². The SMILES string of the molecule is CC(C)C(C(=O)N1CCC(CO)C1)C(N)=S.